The van der Waals surface area contributed by atoms with Crippen LogP contribution >= 0.6 is 27.3 Å². The number of pyridine rings is 1. The number of piperazine rings is 1. The fourth-order valence-corrected chi connectivity index (χ4v) is 3.70. The van der Waals surface area contributed by atoms with Gasteiger partial charge < -0.3 is 9.80 Å². The molecule has 9 heteroatoms. The summed E-state index contributed by atoms with van der Waals surface area (Å²) in [7, 11) is 0. The molecular weight excluding hydrogens is 394 g/mol. The van der Waals surface area contributed by atoms with Crippen LogP contribution in [-0.4, -0.2) is 52.9 Å². The molecule has 0 aliphatic carbocycles. The number of carbonyl (C=O) groups is 2. The van der Waals surface area contributed by atoms with E-state index in [-0.39, 0.29) is 11.8 Å². The van der Waals surface area contributed by atoms with Crippen LogP contribution in [-0.2, 0) is 4.79 Å². The van der Waals surface area contributed by atoms with Crippen molar-refractivity contribution in [2.45, 2.75) is 6.92 Å². The lowest BCUT2D eigenvalue weighted by Crippen LogP contribution is -2.48. The SMILES string of the molecule is CC(=O)N1CCN(c2cccnc2C(=O)Nc2nc(Br)cs2)CC1. The highest BCUT2D eigenvalue weighted by Gasteiger charge is 2.23. The van der Waals surface area contributed by atoms with Crippen LogP contribution in [0, 0.1) is 0 Å². The molecule has 1 saturated heterocycles. The van der Waals surface area contributed by atoms with Crippen LogP contribution in [0.4, 0.5) is 10.8 Å². The van der Waals surface area contributed by atoms with E-state index in [1.54, 1.807) is 23.4 Å². The minimum atomic E-state index is -0.290. The van der Waals surface area contributed by atoms with Crippen LogP contribution in [0.15, 0.2) is 28.3 Å². The van der Waals surface area contributed by atoms with Gasteiger partial charge in [0.2, 0.25) is 5.91 Å². The smallest absolute Gasteiger partial charge is 0.278 e. The quantitative estimate of drug-likeness (QED) is 0.840. The number of halogens is 1. The van der Waals surface area contributed by atoms with Gasteiger partial charge in [-0.2, -0.15) is 0 Å². The molecule has 1 aliphatic rings. The van der Waals surface area contributed by atoms with Gasteiger partial charge in [0.05, 0.1) is 5.69 Å². The molecule has 2 amide bonds. The molecule has 0 spiro atoms. The van der Waals surface area contributed by atoms with Crippen LogP contribution < -0.4 is 10.2 Å². The summed E-state index contributed by atoms with van der Waals surface area (Å²) in [6, 6.07) is 3.69. The molecule has 1 fully saturated rings. The minimum Gasteiger partial charge on any atom is -0.366 e. The third-order valence-electron chi connectivity index (χ3n) is 3.76. The summed E-state index contributed by atoms with van der Waals surface area (Å²) in [6.45, 7) is 4.21. The van der Waals surface area contributed by atoms with E-state index in [4.69, 9.17) is 0 Å². The van der Waals surface area contributed by atoms with Gasteiger partial charge in [0.15, 0.2) is 10.8 Å². The maximum Gasteiger partial charge on any atom is 0.278 e. The number of nitrogens with one attached hydrogen (secondary N) is 1. The average Bonchev–Trinajstić information content (AvgIpc) is 3.00. The molecule has 0 atom stereocenters. The number of aromatic nitrogens is 2. The first-order valence-electron chi connectivity index (χ1n) is 7.42. The largest absolute Gasteiger partial charge is 0.366 e. The van der Waals surface area contributed by atoms with Gasteiger partial charge in [-0.15, -0.1) is 11.3 Å². The van der Waals surface area contributed by atoms with Gasteiger partial charge >= 0.3 is 0 Å². The predicted molar refractivity (Wildman–Crippen MR) is 96.5 cm³/mol. The summed E-state index contributed by atoms with van der Waals surface area (Å²) < 4.78 is 0.685. The lowest BCUT2D eigenvalue weighted by atomic mass is 10.2. The zero-order chi connectivity index (χ0) is 17.1. The third-order valence-corrected chi connectivity index (χ3v) is 5.23. The molecule has 7 nitrogen and oxygen atoms in total. The van der Waals surface area contributed by atoms with Crippen molar-refractivity contribution in [3.63, 3.8) is 0 Å². The van der Waals surface area contributed by atoms with E-state index >= 15 is 0 Å². The van der Waals surface area contributed by atoms with Gasteiger partial charge in [0, 0.05) is 44.7 Å². The Morgan fingerprint density at radius 2 is 2.04 bits per heavy atom. The Bertz CT molecular complexity index is 758. The Balaban J connectivity index is 1.76. The fraction of sp³-hybridized carbons (Fsp3) is 0.333. The molecule has 1 aliphatic heterocycles. The average molecular weight is 410 g/mol. The Morgan fingerprint density at radius 1 is 1.29 bits per heavy atom. The molecule has 3 heterocycles. The van der Waals surface area contributed by atoms with E-state index in [2.05, 4.69) is 36.1 Å². The molecule has 2 aromatic rings. The molecule has 0 radical (unpaired) electrons. The fourth-order valence-electron chi connectivity index (χ4n) is 2.56. The van der Waals surface area contributed by atoms with E-state index in [1.165, 1.54) is 11.3 Å². The van der Waals surface area contributed by atoms with Crippen molar-refractivity contribution < 1.29 is 9.59 Å². The van der Waals surface area contributed by atoms with Crippen LogP contribution in [0.1, 0.15) is 17.4 Å². The molecule has 0 aromatic carbocycles. The third kappa shape index (κ3) is 3.73. The summed E-state index contributed by atoms with van der Waals surface area (Å²) in [6.07, 6.45) is 1.60. The molecular formula is C15H16BrN5O2S. The molecule has 1 N–H and O–H groups in total. The van der Waals surface area contributed by atoms with Crippen molar-refractivity contribution in [2.24, 2.45) is 0 Å². The van der Waals surface area contributed by atoms with Gasteiger partial charge in [-0.25, -0.2) is 9.97 Å². The van der Waals surface area contributed by atoms with Crippen LogP contribution in [0.5, 0.6) is 0 Å². The standard InChI is InChI=1S/C15H16BrN5O2S/c1-10(22)20-5-7-21(8-6-20)11-3-2-4-17-13(11)14(23)19-15-18-12(16)9-24-15/h2-4,9H,5-8H2,1H3,(H,18,19,23). The first-order chi connectivity index (χ1) is 11.5. The lowest BCUT2D eigenvalue weighted by molar-refractivity contribution is -0.129. The number of thiazole rings is 1. The van der Waals surface area contributed by atoms with Crippen molar-refractivity contribution in [1.82, 2.24) is 14.9 Å². The number of nitrogens with zero attached hydrogens (tertiary/aromatic N) is 4. The second-order valence-corrected chi connectivity index (χ2v) is 6.96. The highest BCUT2D eigenvalue weighted by Crippen LogP contribution is 2.23. The predicted octanol–water partition coefficient (Wildman–Crippen LogP) is 2.22. The Labute approximate surface area is 151 Å². The molecule has 3 rings (SSSR count). The highest BCUT2D eigenvalue weighted by atomic mass is 79.9. The lowest BCUT2D eigenvalue weighted by Gasteiger charge is -2.36. The maximum atomic E-state index is 12.5. The van der Waals surface area contributed by atoms with Crippen molar-refractivity contribution >= 4 is 49.9 Å². The Morgan fingerprint density at radius 3 is 2.67 bits per heavy atom. The maximum absolute atomic E-state index is 12.5. The topological polar surface area (TPSA) is 78.4 Å². The van der Waals surface area contributed by atoms with Crippen LogP contribution in [0.25, 0.3) is 0 Å². The van der Waals surface area contributed by atoms with E-state index in [1.807, 2.05) is 12.1 Å². The minimum absolute atomic E-state index is 0.0770. The molecule has 2 aromatic heterocycles. The van der Waals surface area contributed by atoms with Crippen molar-refractivity contribution in [3.05, 3.63) is 34.0 Å². The van der Waals surface area contributed by atoms with E-state index in [0.717, 1.165) is 5.69 Å². The first-order valence-corrected chi connectivity index (χ1v) is 9.09. The van der Waals surface area contributed by atoms with E-state index in [0.29, 0.717) is 41.6 Å². The number of amides is 2. The molecule has 0 bridgehead atoms. The van der Waals surface area contributed by atoms with Gasteiger partial charge in [-0.05, 0) is 28.1 Å². The highest BCUT2D eigenvalue weighted by molar-refractivity contribution is 9.10. The van der Waals surface area contributed by atoms with E-state index < -0.39 is 0 Å². The van der Waals surface area contributed by atoms with Crippen molar-refractivity contribution in [3.8, 4) is 0 Å². The Kier molecular flexibility index (Phi) is 5.10. The number of hydrogen-bond donors (Lipinski definition) is 1. The van der Waals surface area contributed by atoms with Gasteiger partial charge in [-0.3, -0.25) is 14.9 Å². The first kappa shape index (κ1) is 16.8. The van der Waals surface area contributed by atoms with Crippen LogP contribution in [0.2, 0.25) is 0 Å². The number of anilines is 2. The monoisotopic (exact) mass is 409 g/mol. The number of carbonyl (C=O) groups excluding carboxylic acids is 2. The number of hydrogen-bond acceptors (Lipinski definition) is 6. The molecule has 0 saturated carbocycles. The summed E-state index contributed by atoms with van der Waals surface area (Å²) >= 11 is 4.61. The van der Waals surface area contributed by atoms with Crippen molar-refractivity contribution in [2.75, 3.05) is 36.4 Å². The second kappa shape index (κ2) is 7.27. The molecule has 24 heavy (non-hydrogen) atoms. The zero-order valence-electron chi connectivity index (χ0n) is 13.0. The number of rotatable bonds is 3. The Hall–Kier alpha value is -2.00. The summed E-state index contributed by atoms with van der Waals surface area (Å²) in [5, 5.41) is 5.09. The van der Waals surface area contributed by atoms with Gasteiger partial charge in [0.1, 0.15) is 4.60 Å². The zero-order valence-corrected chi connectivity index (χ0v) is 15.4. The normalized spacial score (nSPS) is 14.6. The van der Waals surface area contributed by atoms with E-state index in [9.17, 15) is 9.59 Å². The van der Waals surface area contributed by atoms with Crippen LogP contribution in [0.3, 0.4) is 0 Å². The van der Waals surface area contributed by atoms with Crippen molar-refractivity contribution in [1.29, 1.82) is 0 Å². The second-order valence-electron chi connectivity index (χ2n) is 5.29. The summed E-state index contributed by atoms with van der Waals surface area (Å²) in [5.74, 6) is -0.213. The molecule has 126 valence electrons. The summed E-state index contributed by atoms with van der Waals surface area (Å²) in [5.41, 5.74) is 1.13. The van der Waals surface area contributed by atoms with Gasteiger partial charge in [-0.1, -0.05) is 0 Å². The van der Waals surface area contributed by atoms with Gasteiger partial charge in [0.25, 0.3) is 5.91 Å². The molecule has 0 unspecified atom stereocenters. The summed E-state index contributed by atoms with van der Waals surface area (Å²) in [4.78, 5) is 36.3.